The van der Waals surface area contributed by atoms with Gasteiger partial charge < -0.3 is 9.88 Å². The number of hydrogen-bond donors (Lipinski definition) is 2. The number of rotatable bonds is 6. The summed E-state index contributed by atoms with van der Waals surface area (Å²) in [5.41, 5.74) is 2.43. The molecule has 0 bridgehead atoms. The fraction of sp³-hybridized carbons (Fsp3) is 0.360. The van der Waals surface area contributed by atoms with Crippen LogP contribution in [0, 0.1) is 6.92 Å². The van der Waals surface area contributed by atoms with E-state index in [-0.39, 0.29) is 12.5 Å². The third-order valence-corrected chi connectivity index (χ3v) is 6.28. The predicted octanol–water partition coefficient (Wildman–Crippen LogP) is 3.78. The number of aryl methyl sites for hydroxylation is 2. The second-order valence-corrected chi connectivity index (χ2v) is 9.50. The van der Waals surface area contributed by atoms with E-state index in [2.05, 4.69) is 30.6 Å². The Balaban J connectivity index is 1.63. The van der Waals surface area contributed by atoms with Crippen molar-refractivity contribution in [1.29, 1.82) is 0 Å². The molecule has 5 rings (SSSR count). The van der Waals surface area contributed by atoms with Crippen molar-refractivity contribution in [2.24, 2.45) is 0 Å². The maximum absolute atomic E-state index is 14.2. The van der Waals surface area contributed by atoms with Gasteiger partial charge in [0.15, 0.2) is 5.65 Å². The van der Waals surface area contributed by atoms with Crippen LogP contribution in [0.4, 0.5) is 10.1 Å². The van der Waals surface area contributed by atoms with E-state index in [4.69, 9.17) is 4.98 Å². The van der Waals surface area contributed by atoms with E-state index in [0.717, 1.165) is 16.7 Å². The van der Waals surface area contributed by atoms with Gasteiger partial charge in [0.1, 0.15) is 40.4 Å². The maximum Gasteiger partial charge on any atom is 0.249 e. The highest BCUT2D eigenvalue weighted by molar-refractivity contribution is 6.06. The second kappa shape index (κ2) is 8.16. The lowest BCUT2D eigenvalue weighted by Crippen LogP contribution is -2.49. The van der Waals surface area contributed by atoms with E-state index in [9.17, 15) is 9.18 Å². The number of halogens is 1. The number of carbonyl (C=O) groups excluding carboxylic acids is 1. The number of alkyl halides is 1. The number of aromatic nitrogens is 6. The van der Waals surface area contributed by atoms with E-state index >= 15 is 0 Å². The third kappa shape index (κ3) is 3.93. The molecule has 1 aromatic carbocycles. The van der Waals surface area contributed by atoms with Gasteiger partial charge in [-0.15, -0.1) is 0 Å². The van der Waals surface area contributed by atoms with E-state index in [0.29, 0.717) is 40.7 Å². The molecule has 180 valence electrons. The zero-order valence-electron chi connectivity index (χ0n) is 20.3. The van der Waals surface area contributed by atoms with Gasteiger partial charge in [-0.25, -0.2) is 29.3 Å². The molecule has 0 saturated heterocycles. The van der Waals surface area contributed by atoms with Crippen LogP contribution in [-0.2, 0) is 16.9 Å². The average Bonchev–Trinajstić information content (AvgIpc) is 3.32. The summed E-state index contributed by atoms with van der Waals surface area (Å²) in [6, 6.07) is 5.65. The first-order valence-electron chi connectivity index (χ1n) is 11.5. The highest BCUT2D eigenvalue weighted by Crippen LogP contribution is 2.39. The second-order valence-electron chi connectivity index (χ2n) is 9.50. The van der Waals surface area contributed by atoms with E-state index in [1.54, 1.807) is 19.3 Å². The number of amides is 1. The average molecular weight is 475 g/mol. The van der Waals surface area contributed by atoms with Crippen LogP contribution in [0.15, 0.2) is 36.9 Å². The fourth-order valence-corrected chi connectivity index (χ4v) is 4.32. The van der Waals surface area contributed by atoms with Gasteiger partial charge in [0, 0.05) is 42.3 Å². The number of fused-ring (bicyclic) bond motifs is 2. The Labute approximate surface area is 202 Å². The standard InChI is InChI=1S/C25H27FN8O/c1-6-34-21(16-10-27-14(2)28-11-16)33-20-19(29-13-30-22(20)34)15-7-8-18-17(9-15)25(5,23(35)32-18)31-12-24(3,4)26/h7-11,13,31H,6,12H2,1-5H3,(H,32,35)/t25-/m1/s1. The van der Waals surface area contributed by atoms with Gasteiger partial charge in [0.25, 0.3) is 0 Å². The monoisotopic (exact) mass is 474 g/mol. The highest BCUT2D eigenvalue weighted by Gasteiger charge is 2.43. The fourth-order valence-electron chi connectivity index (χ4n) is 4.32. The molecule has 0 unspecified atom stereocenters. The summed E-state index contributed by atoms with van der Waals surface area (Å²) in [7, 11) is 0. The Bertz CT molecular complexity index is 1440. The molecule has 0 radical (unpaired) electrons. The lowest BCUT2D eigenvalue weighted by Gasteiger charge is -2.27. The van der Waals surface area contributed by atoms with Crippen LogP contribution in [0.25, 0.3) is 33.8 Å². The lowest BCUT2D eigenvalue weighted by molar-refractivity contribution is -0.121. The zero-order valence-corrected chi connectivity index (χ0v) is 20.3. The number of benzene rings is 1. The van der Waals surface area contributed by atoms with Crippen molar-refractivity contribution in [3.05, 3.63) is 48.3 Å². The Morgan fingerprint density at radius 3 is 2.57 bits per heavy atom. The first kappa shape index (κ1) is 23.0. The van der Waals surface area contributed by atoms with Gasteiger partial charge in [0.05, 0.1) is 5.56 Å². The van der Waals surface area contributed by atoms with Crippen LogP contribution in [0.5, 0.6) is 0 Å². The largest absolute Gasteiger partial charge is 0.324 e. The smallest absolute Gasteiger partial charge is 0.249 e. The number of nitrogens with one attached hydrogen (secondary N) is 2. The summed E-state index contributed by atoms with van der Waals surface area (Å²) in [6.07, 6.45) is 5.01. The molecule has 2 N–H and O–H groups in total. The number of nitrogens with zero attached hydrogens (tertiary/aromatic N) is 6. The van der Waals surface area contributed by atoms with Gasteiger partial charge in [-0.1, -0.05) is 6.07 Å². The van der Waals surface area contributed by atoms with Crippen molar-refractivity contribution < 1.29 is 9.18 Å². The molecule has 0 saturated carbocycles. The quantitative estimate of drug-likeness (QED) is 0.437. The van der Waals surface area contributed by atoms with E-state index in [1.165, 1.54) is 20.2 Å². The van der Waals surface area contributed by atoms with Gasteiger partial charge in [0.2, 0.25) is 5.91 Å². The molecular weight excluding hydrogens is 447 g/mol. The van der Waals surface area contributed by atoms with Crippen LogP contribution >= 0.6 is 0 Å². The SMILES string of the molecule is CCn1c(-c2cnc(C)nc2)nc2c(-c3ccc4c(c3)[C@@](C)(NCC(C)(C)F)C(=O)N4)ncnc21. The van der Waals surface area contributed by atoms with Gasteiger partial charge >= 0.3 is 0 Å². The molecule has 4 heterocycles. The topological polar surface area (TPSA) is 111 Å². The minimum absolute atomic E-state index is 0.0290. The molecule has 0 aliphatic carbocycles. The first-order chi connectivity index (χ1) is 16.6. The molecule has 3 aromatic heterocycles. The van der Waals surface area contributed by atoms with Crippen LogP contribution in [0.2, 0.25) is 0 Å². The molecule has 1 aliphatic rings. The lowest BCUT2D eigenvalue weighted by atomic mass is 9.90. The van der Waals surface area contributed by atoms with Gasteiger partial charge in [-0.2, -0.15) is 0 Å². The van der Waals surface area contributed by atoms with Crippen molar-refractivity contribution >= 4 is 22.8 Å². The van der Waals surface area contributed by atoms with Crippen LogP contribution in [0.1, 0.15) is 39.1 Å². The molecule has 4 aromatic rings. The Morgan fingerprint density at radius 1 is 1.14 bits per heavy atom. The molecule has 1 atom stereocenters. The summed E-state index contributed by atoms with van der Waals surface area (Å²) in [5.74, 6) is 1.17. The molecule has 35 heavy (non-hydrogen) atoms. The summed E-state index contributed by atoms with van der Waals surface area (Å²) < 4.78 is 16.2. The van der Waals surface area contributed by atoms with Crippen molar-refractivity contribution in [3.63, 3.8) is 0 Å². The Hall–Kier alpha value is -3.79. The molecule has 10 heteroatoms. The normalized spacial score (nSPS) is 17.6. The number of hydrogen-bond acceptors (Lipinski definition) is 7. The minimum Gasteiger partial charge on any atom is -0.324 e. The Morgan fingerprint density at radius 2 is 1.89 bits per heavy atom. The van der Waals surface area contributed by atoms with Gasteiger partial charge in [-0.05, 0) is 46.8 Å². The van der Waals surface area contributed by atoms with Crippen LogP contribution < -0.4 is 10.6 Å². The number of imidazole rings is 1. The van der Waals surface area contributed by atoms with E-state index in [1.807, 2.05) is 36.6 Å². The van der Waals surface area contributed by atoms with Crippen molar-refractivity contribution in [3.8, 4) is 22.6 Å². The summed E-state index contributed by atoms with van der Waals surface area (Å²) >= 11 is 0. The highest BCUT2D eigenvalue weighted by atomic mass is 19.1. The summed E-state index contributed by atoms with van der Waals surface area (Å²) in [5, 5.41) is 6.01. The minimum atomic E-state index is -1.47. The maximum atomic E-state index is 14.2. The molecule has 0 spiro atoms. The molecule has 9 nitrogen and oxygen atoms in total. The number of carbonyl (C=O) groups is 1. The van der Waals surface area contributed by atoms with Crippen molar-refractivity contribution in [1.82, 2.24) is 34.8 Å². The Kier molecular flexibility index (Phi) is 5.36. The third-order valence-electron chi connectivity index (χ3n) is 6.28. The summed E-state index contributed by atoms with van der Waals surface area (Å²) in [6.45, 7) is 9.26. The predicted molar refractivity (Wildman–Crippen MR) is 131 cm³/mol. The molecule has 0 fully saturated rings. The van der Waals surface area contributed by atoms with Crippen LogP contribution in [-0.4, -0.2) is 47.6 Å². The first-order valence-corrected chi connectivity index (χ1v) is 11.5. The van der Waals surface area contributed by atoms with Crippen molar-refractivity contribution in [2.75, 3.05) is 11.9 Å². The molecule has 1 amide bonds. The number of anilines is 1. The van der Waals surface area contributed by atoms with Crippen LogP contribution in [0.3, 0.4) is 0 Å². The molecular formula is C25H27FN8O. The van der Waals surface area contributed by atoms with Crippen molar-refractivity contribution in [2.45, 2.75) is 52.4 Å². The summed E-state index contributed by atoms with van der Waals surface area (Å²) in [4.78, 5) is 35.4. The molecule has 1 aliphatic heterocycles. The van der Waals surface area contributed by atoms with Gasteiger partial charge in [-0.3, -0.25) is 10.1 Å². The zero-order chi connectivity index (χ0) is 25.0. The van der Waals surface area contributed by atoms with E-state index < -0.39 is 11.2 Å².